The number of rotatable bonds is 7. The highest BCUT2D eigenvalue weighted by atomic mass is 35.5. The summed E-state index contributed by atoms with van der Waals surface area (Å²) in [5.74, 6) is 0.294. The van der Waals surface area contributed by atoms with Crippen LogP contribution in [0.25, 0.3) is 0 Å². The van der Waals surface area contributed by atoms with E-state index < -0.39 is 12.1 Å². The van der Waals surface area contributed by atoms with Crippen molar-refractivity contribution >= 4 is 18.3 Å². The Morgan fingerprint density at radius 3 is 2.27 bits per heavy atom. The highest BCUT2D eigenvalue weighted by Crippen LogP contribution is 2.16. The van der Waals surface area contributed by atoms with E-state index in [4.69, 9.17) is 5.73 Å². The van der Waals surface area contributed by atoms with E-state index >= 15 is 0 Å². The molecule has 2 atom stereocenters. The lowest BCUT2D eigenvalue weighted by Gasteiger charge is -2.27. The molecule has 5 heteroatoms. The maximum atomic E-state index is 12.3. The largest absolute Gasteiger partial charge is 0.387 e. The Morgan fingerprint density at radius 1 is 1.27 bits per heavy atom. The number of halogens is 1. The van der Waals surface area contributed by atoms with Crippen molar-refractivity contribution < 1.29 is 9.90 Å². The molecule has 22 heavy (non-hydrogen) atoms. The molecule has 0 spiro atoms. The van der Waals surface area contributed by atoms with E-state index in [0.29, 0.717) is 18.9 Å². The molecule has 126 valence electrons. The maximum absolute atomic E-state index is 12.3. The normalized spacial score (nSPS) is 13.4. The van der Waals surface area contributed by atoms with E-state index in [1.54, 1.807) is 4.90 Å². The van der Waals surface area contributed by atoms with Crippen molar-refractivity contribution in [3.05, 3.63) is 35.4 Å². The van der Waals surface area contributed by atoms with Gasteiger partial charge < -0.3 is 15.7 Å². The Morgan fingerprint density at radius 2 is 1.82 bits per heavy atom. The number of carbonyl (C=O) groups excluding carboxylic acids is 1. The van der Waals surface area contributed by atoms with Crippen LogP contribution in [-0.4, -0.2) is 35.0 Å². The minimum Gasteiger partial charge on any atom is -0.387 e. The number of likely N-dealkylation sites (N-methyl/N-ethyl adjacent to an activating group) is 1. The first-order valence-electron chi connectivity index (χ1n) is 7.64. The fraction of sp³-hybridized carbons (Fsp3) is 0.588. The average Bonchev–Trinajstić information content (AvgIpc) is 2.43. The zero-order valence-corrected chi connectivity index (χ0v) is 14.8. The van der Waals surface area contributed by atoms with Crippen molar-refractivity contribution in [2.75, 3.05) is 13.1 Å². The van der Waals surface area contributed by atoms with Gasteiger partial charge in [0.25, 0.3) is 0 Å². The minimum absolute atomic E-state index is 0. The van der Waals surface area contributed by atoms with Crippen LogP contribution < -0.4 is 5.73 Å². The Balaban J connectivity index is 0.00000441. The summed E-state index contributed by atoms with van der Waals surface area (Å²) in [5, 5.41) is 10.3. The lowest BCUT2D eigenvalue weighted by Crippen LogP contribution is -2.45. The smallest absolute Gasteiger partial charge is 0.239 e. The van der Waals surface area contributed by atoms with Crippen LogP contribution >= 0.6 is 12.4 Å². The number of nitrogens with two attached hydrogens (primary N) is 1. The fourth-order valence-electron chi connectivity index (χ4n) is 2.32. The Kier molecular flexibility index (Phi) is 9.33. The monoisotopic (exact) mass is 328 g/mol. The van der Waals surface area contributed by atoms with E-state index in [1.807, 2.05) is 52.0 Å². The quantitative estimate of drug-likeness (QED) is 0.808. The number of aliphatic hydroxyl groups is 1. The number of hydrogen-bond donors (Lipinski definition) is 2. The van der Waals surface area contributed by atoms with Crippen molar-refractivity contribution in [1.82, 2.24) is 4.90 Å². The SMILES string of the molecule is CCN(CC(O)c1ccc(C)cc1)C(=O)[C@@H](N)CC(C)C.Cl. The van der Waals surface area contributed by atoms with Crippen LogP contribution in [0.4, 0.5) is 0 Å². The van der Waals surface area contributed by atoms with Crippen molar-refractivity contribution in [1.29, 1.82) is 0 Å². The molecule has 0 radical (unpaired) electrons. The van der Waals surface area contributed by atoms with Gasteiger partial charge in [-0.2, -0.15) is 0 Å². The summed E-state index contributed by atoms with van der Waals surface area (Å²) in [4.78, 5) is 14.0. The van der Waals surface area contributed by atoms with Crippen molar-refractivity contribution in [2.45, 2.75) is 46.3 Å². The number of aliphatic hydroxyl groups excluding tert-OH is 1. The molecule has 0 aliphatic rings. The van der Waals surface area contributed by atoms with Gasteiger partial charge in [0.05, 0.1) is 18.7 Å². The van der Waals surface area contributed by atoms with Crippen molar-refractivity contribution in [2.24, 2.45) is 11.7 Å². The summed E-state index contributed by atoms with van der Waals surface area (Å²) in [6.07, 6.45) is -0.0172. The molecule has 4 nitrogen and oxygen atoms in total. The van der Waals surface area contributed by atoms with Gasteiger partial charge in [0.1, 0.15) is 0 Å². The van der Waals surface area contributed by atoms with Crippen LogP contribution in [0.1, 0.15) is 44.4 Å². The Hall–Kier alpha value is -1.10. The lowest BCUT2D eigenvalue weighted by atomic mass is 10.0. The van der Waals surface area contributed by atoms with Crippen LogP contribution in [0.3, 0.4) is 0 Å². The topological polar surface area (TPSA) is 66.6 Å². The zero-order chi connectivity index (χ0) is 16.0. The van der Waals surface area contributed by atoms with Crippen LogP contribution in [-0.2, 0) is 4.79 Å². The van der Waals surface area contributed by atoms with Crippen LogP contribution in [0.2, 0.25) is 0 Å². The summed E-state index contributed by atoms with van der Waals surface area (Å²) in [6.45, 7) is 8.83. The summed E-state index contributed by atoms with van der Waals surface area (Å²) >= 11 is 0. The van der Waals surface area contributed by atoms with E-state index in [0.717, 1.165) is 11.1 Å². The first-order chi connectivity index (χ1) is 9.85. The highest BCUT2D eigenvalue weighted by molar-refractivity contribution is 5.85. The Bertz CT molecular complexity index is 448. The van der Waals surface area contributed by atoms with Gasteiger partial charge in [-0.15, -0.1) is 12.4 Å². The van der Waals surface area contributed by atoms with E-state index in [9.17, 15) is 9.90 Å². The number of hydrogen-bond acceptors (Lipinski definition) is 3. The van der Waals surface area contributed by atoms with Gasteiger partial charge in [0.15, 0.2) is 0 Å². The molecule has 1 aromatic carbocycles. The van der Waals surface area contributed by atoms with E-state index in [-0.39, 0.29) is 24.9 Å². The van der Waals surface area contributed by atoms with Crippen LogP contribution in [0, 0.1) is 12.8 Å². The molecule has 0 heterocycles. The number of amides is 1. The van der Waals surface area contributed by atoms with Crippen LogP contribution in [0.15, 0.2) is 24.3 Å². The number of carbonyl (C=O) groups is 1. The number of nitrogens with zero attached hydrogens (tertiary/aromatic N) is 1. The molecule has 0 aliphatic carbocycles. The third-order valence-electron chi connectivity index (χ3n) is 3.59. The van der Waals surface area contributed by atoms with Gasteiger partial charge in [-0.25, -0.2) is 0 Å². The molecule has 1 amide bonds. The number of benzene rings is 1. The van der Waals surface area contributed by atoms with E-state index in [2.05, 4.69) is 0 Å². The molecule has 0 fully saturated rings. The first-order valence-corrected chi connectivity index (χ1v) is 7.64. The molecule has 0 aromatic heterocycles. The van der Waals surface area contributed by atoms with Gasteiger partial charge in [-0.1, -0.05) is 43.7 Å². The molecular formula is C17H29ClN2O2. The second-order valence-electron chi connectivity index (χ2n) is 6.04. The van der Waals surface area contributed by atoms with E-state index in [1.165, 1.54) is 0 Å². The fourth-order valence-corrected chi connectivity index (χ4v) is 2.32. The zero-order valence-electron chi connectivity index (χ0n) is 14.0. The average molecular weight is 329 g/mol. The van der Waals surface area contributed by atoms with Crippen molar-refractivity contribution in [3.8, 4) is 0 Å². The molecule has 1 aromatic rings. The van der Waals surface area contributed by atoms with Crippen LogP contribution in [0.5, 0.6) is 0 Å². The first kappa shape index (κ1) is 20.9. The number of aryl methyl sites for hydroxylation is 1. The van der Waals surface area contributed by atoms with Crippen molar-refractivity contribution in [3.63, 3.8) is 0 Å². The molecule has 3 N–H and O–H groups in total. The van der Waals surface area contributed by atoms with Gasteiger partial charge in [-0.3, -0.25) is 4.79 Å². The molecule has 0 bridgehead atoms. The molecule has 0 aliphatic heterocycles. The third kappa shape index (κ3) is 6.34. The molecule has 0 saturated carbocycles. The second kappa shape index (κ2) is 9.82. The maximum Gasteiger partial charge on any atom is 0.239 e. The third-order valence-corrected chi connectivity index (χ3v) is 3.59. The van der Waals surface area contributed by atoms with Gasteiger partial charge in [0.2, 0.25) is 5.91 Å². The molecular weight excluding hydrogens is 300 g/mol. The lowest BCUT2D eigenvalue weighted by molar-refractivity contribution is -0.134. The summed E-state index contributed by atoms with van der Waals surface area (Å²) in [7, 11) is 0. The molecule has 0 saturated heterocycles. The Labute approximate surface area is 140 Å². The van der Waals surface area contributed by atoms with Gasteiger partial charge in [0, 0.05) is 6.54 Å². The molecule has 1 rings (SSSR count). The predicted octanol–water partition coefficient (Wildman–Crippen LogP) is 2.67. The van der Waals surface area contributed by atoms with Gasteiger partial charge in [-0.05, 0) is 31.7 Å². The summed E-state index contributed by atoms with van der Waals surface area (Å²) in [5.41, 5.74) is 7.93. The highest BCUT2D eigenvalue weighted by Gasteiger charge is 2.23. The van der Waals surface area contributed by atoms with Gasteiger partial charge >= 0.3 is 0 Å². The summed E-state index contributed by atoms with van der Waals surface area (Å²) < 4.78 is 0. The second-order valence-corrected chi connectivity index (χ2v) is 6.04. The summed E-state index contributed by atoms with van der Waals surface area (Å²) in [6, 6.07) is 7.22. The molecule has 1 unspecified atom stereocenters. The standard InChI is InChI=1S/C17H28N2O2.ClH/c1-5-19(17(21)15(18)10-12(2)3)11-16(20)14-8-6-13(4)7-9-14;/h6-9,12,15-16,20H,5,10-11,18H2,1-4H3;1H/t15-,16?;/m0./s1. The predicted molar refractivity (Wildman–Crippen MR) is 93.1 cm³/mol. The minimum atomic E-state index is -0.680.